The van der Waals surface area contributed by atoms with Crippen molar-refractivity contribution < 1.29 is 18.0 Å². The minimum atomic E-state index is -4.40. The molecule has 1 aliphatic heterocycles. The van der Waals surface area contributed by atoms with Gasteiger partial charge in [0, 0.05) is 43.3 Å². The SMILES string of the molecule is Cc1cccc(-c2nc(CC(=O)N3CCN(c4ccc(C(F)(F)F)cn4)CC3)cs2)c1. The summed E-state index contributed by atoms with van der Waals surface area (Å²) in [5, 5.41) is 2.81. The molecule has 31 heavy (non-hydrogen) atoms. The molecule has 3 aromatic rings. The molecule has 0 spiro atoms. The predicted molar refractivity (Wildman–Crippen MR) is 114 cm³/mol. The fourth-order valence-electron chi connectivity index (χ4n) is 3.49. The summed E-state index contributed by atoms with van der Waals surface area (Å²) in [6.45, 7) is 4.07. The van der Waals surface area contributed by atoms with Crippen molar-refractivity contribution in [3.63, 3.8) is 0 Å². The van der Waals surface area contributed by atoms with Gasteiger partial charge in [-0.25, -0.2) is 9.97 Å². The largest absolute Gasteiger partial charge is 0.417 e. The second-order valence-corrected chi connectivity index (χ2v) is 8.32. The Bertz CT molecular complexity index is 1060. The maximum atomic E-state index is 12.7. The van der Waals surface area contributed by atoms with E-state index >= 15 is 0 Å². The van der Waals surface area contributed by atoms with Crippen molar-refractivity contribution in [1.82, 2.24) is 14.9 Å². The Balaban J connectivity index is 1.33. The third kappa shape index (κ3) is 5.04. The van der Waals surface area contributed by atoms with Crippen LogP contribution in [0.15, 0.2) is 48.0 Å². The van der Waals surface area contributed by atoms with E-state index in [4.69, 9.17) is 0 Å². The number of hydrogen-bond acceptors (Lipinski definition) is 5. The number of amides is 1. The van der Waals surface area contributed by atoms with Crippen molar-refractivity contribution in [2.75, 3.05) is 31.1 Å². The maximum Gasteiger partial charge on any atom is 0.417 e. The van der Waals surface area contributed by atoms with Crippen LogP contribution < -0.4 is 4.90 Å². The van der Waals surface area contributed by atoms with Gasteiger partial charge in [0.1, 0.15) is 10.8 Å². The lowest BCUT2D eigenvalue weighted by Gasteiger charge is -2.35. The van der Waals surface area contributed by atoms with Gasteiger partial charge in [-0.15, -0.1) is 11.3 Å². The highest BCUT2D eigenvalue weighted by molar-refractivity contribution is 7.13. The number of carbonyl (C=O) groups excluding carboxylic acids is 1. The van der Waals surface area contributed by atoms with Crippen LogP contribution in [0.2, 0.25) is 0 Å². The lowest BCUT2D eigenvalue weighted by atomic mass is 10.1. The number of hydrogen-bond donors (Lipinski definition) is 0. The van der Waals surface area contributed by atoms with Gasteiger partial charge in [-0.2, -0.15) is 13.2 Å². The van der Waals surface area contributed by atoms with Gasteiger partial charge in [-0.1, -0.05) is 23.8 Å². The highest BCUT2D eigenvalue weighted by Crippen LogP contribution is 2.29. The van der Waals surface area contributed by atoms with Crippen molar-refractivity contribution in [1.29, 1.82) is 0 Å². The number of carbonyl (C=O) groups is 1. The minimum absolute atomic E-state index is 0.00104. The summed E-state index contributed by atoms with van der Waals surface area (Å²) in [6, 6.07) is 10.5. The van der Waals surface area contributed by atoms with E-state index in [0.717, 1.165) is 34.1 Å². The monoisotopic (exact) mass is 446 g/mol. The third-order valence-corrected chi connectivity index (χ3v) is 6.12. The van der Waals surface area contributed by atoms with Gasteiger partial charge in [0.15, 0.2) is 0 Å². The molecule has 3 heterocycles. The molecule has 1 amide bonds. The summed E-state index contributed by atoms with van der Waals surface area (Å²) in [7, 11) is 0. The van der Waals surface area contributed by atoms with Crippen LogP contribution in [-0.4, -0.2) is 47.0 Å². The molecule has 9 heteroatoms. The van der Waals surface area contributed by atoms with Gasteiger partial charge in [0.2, 0.25) is 5.91 Å². The first kappa shape index (κ1) is 21.3. The second kappa shape index (κ2) is 8.66. The fraction of sp³-hybridized carbons (Fsp3) is 0.318. The van der Waals surface area contributed by atoms with Crippen molar-refractivity contribution in [2.24, 2.45) is 0 Å². The van der Waals surface area contributed by atoms with E-state index in [1.165, 1.54) is 17.4 Å². The number of pyridine rings is 1. The predicted octanol–water partition coefficient (Wildman–Crippen LogP) is 4.42. The van der Waals surface area contributed by atoms with E-state index < -0.39 is 11.7 Å². The summed E-state index contributed by atoms with van der Waals surface area (Å²) in [6.07, 6.45) is -3.31. The Labute approximate surface area is 182 Å². The molecule has 0 saturated carbocycles. The minimum Gasteiger partial charge on any atom is -0.353 e. The molecule has 1 saturated heterocycles. The van der Waals surface area contributed by atoms with Crippen molar-refractivity contribution in [3.05, 3.63) is 64.8 Å². The zero-order valence-corrected chi connectivity index (χ0v) is 17.7. The number of halogens is 3. The molecule has 0 aliphatic carbocycles. The van der Waals surface area contributed by atoms with Gasteiger partial charge < -0.3 is 9.80 Å². The molecule has 0 N–H and O–H groups in total. The fourth-order valence-corrected chi connectivity index (χ4v) is 4.31. The topological polar surface area (TPSA) is 49.3 Å². The quantitative estimate of drug-likeness (QED) is 0.595. The lowest BCUT2D eigenvalue weighted by molar-refractivity contribution is -0.137. The molecule has 0 bridgehead atoms. The average molecular weight is 446 g/mol. The van der Waals surface area contributed by atoms with Crippen LogP contribution >= 0.6 is 11.3 Å². The number of benzene rings is 1. The van der Waals surface area contributed by atoms with Gasteiger partial charge in [0.05, 0.1) is 17.7 Å². The van der Waals surface area contributed by atoms with Crippen molar-refractivity contribution in [2.45, 2.75) is 19.5 Å². The number of alkyl halides is 3. The summed E-state index contributed by atoms with van der Waals surface area (Å²) in [5.41, 5.74) is 2.18. The normalized spacial score (nSPS) is 14.7. The molecule has 0 radical (unpaired) electrons. The number of nitrogens with zero attached hydrogens (tertiary/aromatic N) is 4. The molecule has 1 aromatic carbocycles. The maximum absolute atomic E-state index is 12.7. The number of aromatic nitrogens is 2. The number of piperazine rings is 1. The standard InChI is InChI=1S/C22H21F3N4OS/c1-15-3-2-4-16(11-15)21-27-18(14-31-21)12-20(30)29-9-7-28(8-10-29)19-6-5-17(13-26-19)22(23,24)25/h2-6,11,13-14H,7-10,12H2,1H3. The number of rotatable bonds is 4. The third-order valence-electron chi connectivity index (χ3n) is 5.18. The summed E-state index contributed by atoms with van der Waals surface area (Å²) < 4.78 is 38.1. The van der Waals surface area contributed by atoms with Gasteiger partial charge in [-0.05, 0) is 25.1 Å². The Kier molecular flexibility index (Phi) is 5.95. The lowest BCUT2D eigenvalue weighted by Crippen LogP contribution is -2.49. The Morgan fingerprint density at radius 2 is 1.90 bits per heavy atom. The van der Waals surface area contributed by atoms with E-state index in [1.807, 2.05) is 35.4 Å². The van der Waals surface area contributed by atoms with Gasteiger partial charge in [0.25, 0.3) is 0 Å². The Morgan fingerprint density at radius 1 is 1.13 bits per heavy atom. The second-order valence-electron chi connectivity index (χ2n) is 7.46. The zero-order valence-electron chi connectivity index (χ0n) is 16.9. The Morgan fingerprint density at radius 3 is 2.55 bits per heavy atom. The smallest absolute Gasteiger partial charge is 0.353 e. The highest BCUT2D eigenvalue weighted by atomic mass is 32.1. The molecule has 162 valence electrons. The molecule has 1 aliphatic rings. The molecular weight excluding hydrogens is 425 g/mol. The summed E-state index contributed by atoms with van der Waals surface area (Å²) >= 11 is 1.52. The molecule has 2 aromatic heterocycles. The number of thiazole rings is 1. The van der Waals surface area contributed by atoms with Crippen LogP contribution in [0.3, 0.4) is 0 Å². The van der Waals surface area contributed by atoms with Crippen molar-refractivity contribution in [3.8, 4) is 10.6 Å². The molecule has 1 fully saturated rings. The van der Waals surface area contributed by atoms with Crippen LogP contribution in [0.25, 0.3) is 10.6 Å². The highest BCUT2D eigenvalue weighted by Gasteiger charge is 2.31. The number of anilines is 1. The summed E-state index contributed by atoms with van der Waals surface area (Å²) in [5.74, 6) is 0.489. The van der Waals surface area contributed by atoms with Crippen LogP contribution in [0, 0.1) is 6.92 Å². The molecule has 4 rings (SSSR count). The first-order chi connectivity index (χ1) is 14.8. The van der Waals surface area contributed by atoms with Crippen LogP contribution in [-0.2, 0) is 17.4 Å². The summed E-state index contributed by atoms with van der Waals surface area (Å²) in [4.78, 5) is 24.9. The van der Waals surface area contributed by atoms with Crippen LogP contribution in [0.4, 0.5) is 19.0 Å². The van der Waals surface area contributed by atoms with E-state index in [1.54, 1.807) is 4.90 Å². The van der Waals surface area contributed by atoms with Crippen LogP contribution in [0.1, 0.15) is 16.8 Å². The van der Waals surface area contributed by atoms with E-state index in [9.17, 15) is 18.0 Å². The molecule has 0 unspecified atom stereocenters. The first-order valence-corrected chi connectivity index (χ1v) is 10.7. The molecule has 5 nitrogen and oxygen atoms in total. The van der Waals surface area contributed by atoms with E-state index in [-0.39, 0.29) is 12.3 Å². The zero-order chi connectivity index (χ0) is 22.0. The average Bonchev–Trinajstić information content (AvgIpc) is 3.22. The number of aryl methyl sites for hydroxylation is 1. The molecular formula is C22H21F3N4OS. The van der Waals surface area contributed by atoms with E-state index in [2.05, 4.69) is 16.0 Å². The first-order valence-electron chi connectivity index (χ1n) is 9.87. The van der Waals surface area contributed by atoms with Crippen LogP contribution in [0.5, 0.6) is 0 Å². The van der Waals surface area contributed by atoms with Gasteiger partial charge >= 0.3 is 6.18 Å². The Hall–Kier alpha value is -2.94. The molecule has 0 atom stereocenters. The van der Waals surface area contributed by atoms with Gasteiger partial charge in [-0.3, -0.25) is 4.79 Å². The van der Waals surface area contributed by atoms with E-state index in [0.29, 0.717) is 32.0 Å². The van der Waals surface area contributed by atoms with Crippen molar-refractivity contribution >= 4 is 23.1 Å².